The second-order valence-corrected chi connectivity index (χ2v) is 10.9. The van der Waals surface area contributed by atoms with Gasteiger partial charge in [0.15, 0.2) is 0 Å². The van der Waals surface area contributed by atoms with Crippen LogP contribution in [0.15, 0.2) is 84.1 Å². The van der Waals surface area contributed by atoms with Gasteiger partial charge in [0, 0.05) is 29.6 Å². The second kappa shape index (κ2) is 8.10. The summed E-state index contributed by atoms with van der Waals surface area (Å²) in [5.41, 5.74) is 12.0. The average Bonchev–Trinajstić information content (AvgIpc) is 3.18. The minimum Gasteiger partial charge on any atom is -0.367 e. The van der Waals surface area contributed by atoms with Gasteiger partial charge in [0.2, 0.25) is 0 Å². The Morgan fingerprint density at radius 1 is 0.969 bits per heavy atom. The lowest BCUT2D eigenvalue weighted by molar-refractivity contribution is 0.201. The molecule has 0 bridgehead atoms. The standard InChI is InChI=1S/C31H39N/c1-21(2)25-12-14-26(15-13-25)28-16-18-31(8)20-32(19-17-29(31)30(28,6)7)24(5)23(4)27-11-9-10-22(27)3/h12-17H,1,4-5,9-11,18-20H2,2-3,6-8H3. The molecular weight excluding hydrogens is 386 g/mol. The summed E-state index contributed by atoms with van der Waals surface area (Å²) in [7, 11) is 0. The molecule has 4 rings (SSSR count). The highest BCUT2D eigenvalue weighted by Gasteiger charge is 2.46. The van der Waals surface area contributed by atoms with Gasteiger partial charge in [0.1, 0.15) is 0 Å². The number of rotatable bonds is 5. The van der Waals surface area contributed by atoms with E-state index in [4.69, 9.17) is 0 Å². The van der Waals surface area contributed by atoms with Crippen LogP contribution in [0.4, 0.5) is 0 Å². The number of hydrogen-bond acceptors (Lipinski definition) is 1. The molecule has 1 heteroatoms. The monoisotopic (exact) mass is 425 g/mol. The summed E-state index contributed by atoms with van der Waals surface area (Å²) in [6.07, 6.45) is 9.63. The summed E-state index contributed by atoms with van der Waals surface area (Å²) in [5, 5.41) is 0. The lowest BCUT2D eigenvalue weighted by Crippen LogP contribution is -2.46. The van der Waals surface area contributed by atoms with Crippen molar-refractivity contribution < 1.29 is 0 Å². The van der Waals surface area contributed by atoms with E-state index in [0.717, 1.165) is 42.8 Å². The fourth-order valence-electron chi connectivity index (χ4n) is 6.22. The van der Waals surface area contributed by atoms with E-state index >= 15 is 0 Å². The van der Waals surface area contributed by atoms with Crippen molar-refractivity contribution in [2.45, 2.75) is 60.3 Å². The van der Waals surface area contributed by atoms with Crippen molar-refractivity contribution >= 4 is 11.1 Å². The van der Waals surface area contributed by atoms with Crippen LogP contribution in [0.25, 0.3) is 11.1 Å². The number of allylic oxidation sites excluding steroid dienone is 5. The van der Waals surface area contributed by atoms with E-state index in [2.05, 4.69) is 95.7 Å². The molecule has 0 saturated carbocycles. The molecule has 1 aliphatic heterocycles. The molecule has 0 N–H and O–H groups in total. The second-order valence-electron chi connectivity index (χ2n) is 10.9. The zero-order valence-corrected chi connectivity index (χ0v) is 20.8. The largest absolute Gasteiger partial charge is 0.367 e. The van der Waals surface area contributed by atoms with Gasteiger partial charge in [-0.3, -0.25) is 0 Å². The van der Waals surface area contributed by atoms with E-state index in [1.165, 1.54) is 40.7 Å². The van der Waals surface area contributed by atoms with Gasteiger partial charge in [0.05, 0.1) is 0 Å². The van der Waals surface area contributed by atoms with Crippen molar-refractivity contribution in [3.63, 3.8) is 0 Å². The molecule has 32 heavy (non-hydrogen) atoms. The third kappa shape index (κ3) is 3.76. The molecule has 0 saturated heterocycles. The van der Waals surface area contributed by atoms with Crippen molar-refractivity contribution in [3.8, 4) is 0 Å². The molecule has 0 spiro atoms. The van der Waals surface area contributed by atoms with Crippen LogP contribution in [0, 0.1) is 10.8 Å². The SMILES string of the molecule is C=C(C(=C)N1CC=C2C(C)(CC=C(c3ccc(C(=C)C)cc3)C2(C)C)C1)C1=C(C)CCC1. The van der Waals surface area contributed by atoms with Gasteiger partial charge in [0.25, 0.3) is 0 Å². The summed E-state index contributed by atoms with van der Waals surface area (Å²) in [4.78, 5) is 2.46. The van der Waals surface area contributed by atoms with Crippen LogP contribution in [0.1, 0.15) is 71.4 Å². The third-order valence-electron chi connectivity index (χ3n) is 8.09. The summed E-state index contributed by atoms with van der Waals surface area (Å²) in [5.74, 6) is 0. The summed E-state index contributed by atoms with van der Waals surface area (Å²) >= 11 is 0. The summed E-state index contributed by atoms with van der Waals surface area (Å²) in [6.45, 7) is 26.5. The molecule has 1 unspecified atom stereocenters. The smallest absolute Gasteiger partial charge is 0.0366 e. The van der Waals surface area contributed by atoms with Crippen molar-refractivity contribution in [1.29, 1.82) is 0 Å². The van der Waals surface area contributed by atoms with E-state index in [1.54, 1.807) is 5.57 Å². The highest BCUT2D eigenvalue weighted by atomic mass is 15.1. The normalized spacial score (nSPS) is 24.6. The molecule has 0 radical (unpaired) electrons. The molecular formula is C31H39N. The maximum absolute atomic E-state index is 4.49. The Kier molecular flexibility index (Phi) is 5.74. The topological polar surface area (TPSA) is 3.24 Å². The van der Waals surface area contributed by atoms with Crippen LogP contribution in [0.5, 0.6) is 0 Å². The van der Waals surface area contributed by atoms with E-state index in [1.807, 2.05) is 0 Å². The molecule has 1 nitrogen and oxygen atoms in total. The lowest BCUT2D eigenvalue weighted by Gasteiger charge is -2.51. The number of benzene rings is 1. The van der Waals surface area contributed by atoms with Gasteiger partial charge >= 0.3 is 0 Å². The molecule has 1 heterocycles. The number of nitrogens with zero attached hydrogens (tertiary/aromatic N) is 1. The van der Waals surface area contributed by atoms with E-state index in [0.29, 0.717) is 0 Å². The van der Waals surface area contributed by atoms with Crippen LogP contribution in [0.3, 0.4) is 0 Å². The van der Waals surface area contributed by atoms with Gasteiger partial charge in [-0.1, -0.05) is 93.6 Å². The maximum atomic E-state index is 4.49. The molecule has 0 amide bonds. The number of fused-ring (bicyclic) bond motifs is 1. The van der Waals surface area contributed by atoms with Crippen LogP contribution in [-0.4, -0.2) is 18.0 Å². The summed E-state index contributed by atoms with van der Waals surface area (Å²) < 4.78 is 0. The molecule has 168 valence electrons. The van der Waals surface area contributed by atoms with Gasteiger partial charge in [-0.25, -0.2) is 0 Å². The lowest BCUT2D eigenvalue weighted by atomic mass is 9.58. The Hall–Kier alpha value is -2.54. The van der Waals surface area contributed by atoms with Crippen LogP contribution >= 0.6 is 0 Å². The predicted octanol–water partition coefficient (Wildman–Crippen LogP) is 8.35. The predicted molar refractivity (Wildman–Crippen MR) is 140 cm³/mol. The van der Waals surface area contributed by atoms with Crippen LogP contribution in [0.2, 0.25) is 0 Å². The van der Waals surface area contributed by atoms with Crippen molar-refractivity contribution in [1.82, 2.24) is 4.90 Å². The first-order valence-electron chi connectivity index (χ1n) is 12.0. The highest BCUT2D eigenvalue weighted by Crippen LogP contribution is 2.55. The molecule has 0 fully saturated rings. The van der Waals surface area contributed by atoms with Gasteiger partial charge < -0.3 is 4.90 Å². The van der Waals surface area contributed by atoms with Gasteiger partial charge in [-0.15, -0.1) is 0 Å². The van der Waals surface area contributed by atoms with E-state index in [9.17, 15) is 0 Å². The maximum Gasteiger partial charge on any atom is 0.0366 e. The van der Waals surface area contributed by atoms with Crippen molar-refractivity contribution in [2.24, 2.45) is 10.8 Å². The molecule has 1 aromatic carbocycles. The van der Waals surface area contributed by atoms with Gasteiger partial charge in [-0.2, -0.15) is 0 Å². The van der Waals surface area contributed by atoms with E-state index in [-0.39, 0.29) is 10.8 Å². The van der Waals surface area contributed by atoms with Crippen LogP contribution in [-0.2, 0) is 0 Å². The Bertz CT molecular complexity index is 1070. The van der Waals surface area contributed by atoms with Crippen molar-refractivity contribution in [3.05, 3.63) is 95.3 Å². The molecule has 0 aromatic heterocycles. The first-order valence-corrected chi connectivity index (χ1v) is 12.0. The molecule has 3 aliphatic rings. The first kappa shape index (κ1) is 22.6. The van der Waals surface area contributed by atoms with E-state index < -0.39 is 0 Å². The minimum absolute atomic E-state index is 0.00669. The zero-order valence-electron chi connectivity index (χ0n) is 20.8. The fraction of sp³-hybridized carbons (Fsp3) is 0.419. The Morgan fingerprint density at radius 2 is 1.66 bits per heavy atom. The number of hydrogen-bond donors (Lipinski definition) is 0. The average molecular weight is 426 g/mol. The summed E-state index contributed by atoms with van der Waals surface area (Å²) in [6, 6.07) is 8.93. The van der Waals surface area contributed by atoms with Gasteiger partial charge in [-0.05, 0) is 67.4 Å². The molecule has 2 aliphatic carbocycles. The Morgan fingerprint density at radius 3 is 2.25 bits per heavy atom. The highest BCUT2D eigenvalue weighted by molar-refractivity contribution is 5.76. The fourth-order valence-corrected chi connectivity index (χ4v) is 6.22. The van der Waals surface area contributed by atoms with Crippen LogP contribution < -0.4 is 0 Å². The molecule has 1 atom stereocenters. The van der Waals surface area contributed by atoms with Crippen molar-refractivity contribution in [2.75, 3.05) is 13.1 Å². The minimum atomic E-state index is 0.00669. The Balaban J connectivity index is 1.59. The quantitative estimate of drug-likeness (QED) is 0.338. The Labute approximate surface area is 195 Å². The molecule has 1 aromatic rings. The third-order valence-corrected chi connectivity index (χ3v) is 8.09. The first-order chi connectivity index (χ1) is 15.0. The zero-order chi connectivity index (χ0) is 23.3.